The minimum atomic E-state index is -0.559. The zero-order chi connectivity index (χ0) is 17.0. The fourth-order valence-electron chi connectivity index (χ4n) is 2.01. The Morgan fingerprint density at radius 3 is 2.61 bits per heavy atom. The second-order valence-corrected chi connectivity index (χ2v) is 6.09. The van der Waals surface area contributed by atoms with Gasteiger partial charge in [-0.3, -0.25) is 9.59 Å². The average Bonchev–Trinajstić information content (AvgIpc) is 2.79. The summed E-state index contributed by atoms with van der Waals surface area (Å²) in [6, 6.07) is 6.96. The zero-order valence-corrected chi connectivity index (χ0v) is 14.0. The van der Waals surface area contributed by atoms with E-state index in [-0.39, 0.29) is 12.5 Å². The van der Waals surface area contributed by atoms with Gasteiger partial charge < -0.3 is 20.5 Å². The van der Waals surface area contributed by atoms with E-state index in [0.717, 1.165) is 10.4 Å². The fourth-order valence-corrected chi connectivity index (χ4v) is 3.10. The van der Waals surface area contributed by atoms with E-state index in [1.54, 1.807) is 38.3 Å². The molecule has 0 aliphatic rings. The Morgan fingerprint density at radius 1 is 1.26 bits per heavy atom. The topological polar surface area (TPSA) is 90.7 Å². The molecule has 3 N–H and O–H groups in total. The van der Waals surface area contributed by atoms with Gasteiger partial charge in [0.05, 0.1) is 12.7 Å². The maximum absolute atomic E-state index is 12.0. The molecule has 0 saturated heterocycles. The number of methoxy groups -OCH3 is 1. The van der Waals surface area contributed by atoms with E-state index >= 15 is 0 Å². The van der Waals surface area contributed by atoms with Crippen molar-refractivity contribution in [3.8, 4) is 11.5 Å². The molecule has 122 valence electrons. The van der Waals surface area contributed by atoms with Crippen molar-refractivity contribution in [1.82, 2.24) is 0 Å². The Hall–Kier alpha value is -2.54. The molecule has 0 saturated carbocycles. The predicted molar refractivity (Wildman–Crippen MR) is 89.4 cm³/mol. The number of primary amides is 1. The number of benzene rings is 1. The molecule has 0 spiro atoms. The summed E-state index contributed by atoms with van der Waals surface area (Å²) in [6.07, 6.45) is 0. The van der Waals surface area contributed by atoms with E-state index < -0.39 is 5.91 Å². The summed E-state index contributed by atoms with van der Waals surface area (Å²) >= 11 is 1.32. The molecule has 0 radical (unpaired) electrons. The highest BCUT2D eigenvalue weighted by molar-refractivity contribution is 7.16. The summed E-state index contributed by atoms with van der Waals surface area (Å²) in [6.45, 7) is 3.49. The molecule has 2 rings (SSSR count). The lowest BCUT2D eigenvalue weighted by molar-refractivity contribution is -0.118. The van der Waals surface area contributed by atoms with Crippen molar-refractivity contribution in [2.75, 3.05) is 19.0 Å². The second kappa shape index (κ2) is 7.15. The van der Waals surface area contributed by atoms with E-state index in [2.05, 4.69) is 5.32 Å². The molecular weight excluding hydrogens is 316 g/mol. The molecule has 0 bridgehead atoms. The van der Waals surface area contributed by atoms with Gasteiger partial charge in [0, 0.05) is 10.9 Å². The molecule has 0 aliphatic carbocycles. The van der Waals surface area contributed by atoms with Crippen LogP contribution in [0.1, 0.15) is 20.8 Å². The van der Waals surface area contributed by atoms with Crippen LogP contribution in [0.25, 0.3) is 0 Å². The van der Waals surface area contributed by atoms with E-state index in [1.807, 2.05) is 6.92 Å². The van der Waals surface area contributed by atoms with E-state index in [9.17, 15) is 9.59 Å². The fraction of sp³-hybridized carbons (Fsp3) is 0.250. The van der Waals surface area contributed by atoms with Crippen LogP contribution in [-0.4, -0.2) is 25.5 Å². The Balaban J connectivity index is 2.03. The molecule has 1 aromatic heterocycles. The Labute approximate surface area is 138 Å². The largest absolute Gasteiger partial charge is 0.497 e. The number of hydrogen-bond acceptors (Lipinski definition) is 5. The minimum Gasteiger partial charge on any atom is -0.497 e. The molecule has 23 heavy (non-hydrogen) atoms. The maximum Gasteiger partial charge on any atom is 0.262 e. The maximum atomic E-state index is 12.0. The van der Waals surface area contributed by atoms with Crippen molar-refractivity contribution in [1.29, 1.82) is 0 Å². The van der Waals surface area contributed by atoms with Crippen molar-refractivity contribution < 1.29 is 19.1 Å². The van der Waals surface area contributed by atoms with Gasteiger partial charge in [0.15, 0.2) is 6.61 Å². The van der Waals surface area contributed by atoms with Crippen LogP contribution in [-0.2, 0) is 4.79 Å². The number of ether oxygens (including phenoxy) is 2. The molecule has 2 amide bonds. The van der Waals surface area contributed by atoms with Gasteiger partial charge in [-0.05, 0) is 31.5 Å². The molecular formula is C16H18N2O4S. The van der Waals surface area contributed by atoms with Crippen molar-refractivity contribution >= 4 is 28.2 Å². The molecule has 0 fully saturated rings. The van der Waals surface area contributed by atoms with E-state index in [0.29, 0.717) is 22.1 Å². The number of thiophene rings is 1. The summed E-state index contributed by atoms with van der Waals surface area (Å²) in [5, 5.41) is 3.13. The average molecular weight is 334 g/mol. The second-order valence-electron chi connectivity index (χ2n) is 4.87. The Morgan fingerprint density at radius 2 is 1.96 bits per heavy atom. The molecule has 7 heteroatoms. The third-order valence-electron chi connectivity index (χ3n) is 3.30. The first-order valence-electron chi connectivity index (χ1n) is 6.89. The first kappa shape index (κ1) is 16.8. The van der Waals surface area contributed by atoms with E-state index in [4.69, 9.17) is 15.2 Å². The monoisotopic (exact) mass is 334 g/mol. The molecule has 0 aliphatic heterocycles. The number of carbonyl (C=O) groups excluding carboxylic acids is 2. The van der Waals surface area contributed by atoms with Gasteiger partial charge in [0.1, 0.15) is 16.5 Å². The summed E-state index contributed by atoms with van der Waals surface area (Å²) in [4.78, 5) is 24.5. The highest BCUT2D eigenvalue weighted by atomic mass is 32.1. The number of amides is 2. The van der Waals surface area contributed by atoms with Crippen LogP contribution in [0.15, 0.2) is 24.3 Å². The third kappa shape index (κ3) is 4.01. The van der Waals surface area contributed by atoms with Crippen LogP contribution in [0.2, 0.25) is 0 Å². The normalized spacial score (nSPS) is 10.2. The van der Waals surface area contributed by atoms with Gasteiger partial charge in [0.25, 0.3) is 11.8 Å². The molecule has 0 unspecified atom stereocenters. The lowest BCUT2D eigenvalue weighted by Crippen LogP contribution is -2.22. The molecule has 6 nitrogen and oxygen atoms in total. The number of rotatable bonds is 6. The van der Waals surface area contributed by atoms with Gasteiger partial charge in [-0.25, -0.2) is 0 Å². The van der Waals surface area contributed by atoms with Crippen LogP contribution >= 0.6 is 11.3 Å². The number of carbonyl (C=O) groups is 2. The van der Waals surface area contributed by atoms with Gasteiger partial charge in [-0.15, -0.1) is 11.3 Å². The summed E-state index contributed by atoms with van der Waals surface area (Å²) < 4.78 is 10.5. The van der Waals surface area contributed by atoms with E-state index in [1.165, 1.54) is 11.3 Å². The van der Waals surface area contributed by atoms with Crippen LogP contribution in [0.5, 0.6) is 11.5 Å². The molecule has 2 aromatic rings. The quantitative estimate of drug-likeness (QED) is 0.849. The van der Waals surface area contributed by atoms with Crippen molar-refractivity contribution in [2.24, 2.45) is 5.73 Å². The Kier molecular flexibility index (Phi) is 5.23. The lowest BCUT2D eigenvalue weighted by Gasteiger charge is -2.08. The van der Waals surface area contributed by atoms with Crippen LogP contribution in [0, 0.1) is 13.8 Å². The van der Waals surface area contributed by atoms with Crippen molar-refractivity contribution in [3.63, 3.8) is 0 Å². The van der Waals surface area contributed by atoms with Crippen LogP contribution < -0.4 is 20.5 Å². The number of aryl methyl sites for hydroxylation is 1. The third-order valence-corrected chi connectivity index (χ3v) is 4.42. The number of anilines is 1. The minimum absolute atomic E-state index is 0.179. The zero-order valence-electron chi connectivity index (χ0n) is 13.1. The molecule has 1 heterocycles. The van der Waals surface area contributed by atoms with Crippen LogP contribution in [0.4, 0.5) is 5.00 Å². The number of hydrogen-bond donors (Lipinski definition) is 2. The smallest absolute Gasteiger partial charge is 0.262 e. The Bertz CT molecular complexity index is 740. The first-order chi connectivity index (χ1) is 10.9. The standard InChI is InChI=1S/C16H18N2O4S/c1-9-10(2)23-16(14(9)15(17)20)18-13(19)8-22-12-6-4-5-11(7-12)21-3/h4-7H,8H2,1-3H3,(H2,17,20)(H,18,19). The molecule has 0 atom stereocenters. The van der Waals surface area contributed by atoms with Gasteiger partial charge >= 0.3 is 0 Å². The van der Waals surface area contributed by atoms with Gasteiger partial charge in [-0.2, -0.15) is 0 Å². The van der Waals surface area contributed by atoms with Crippen molar-refractivity contribution in [3.05, 3.63) is 40.3 Å². The summed E-state index contributed by atoms with van der Waals surface area (Å²) in [7, 11) is 1.55. The first-order valence-corrected chi connectivity index (χ1v) is 7.70. The summed E-state index contributed by atoms with van der Waals surface area (Å²) in [5.74, 6) is 0.240. The van der Waals surface area contributed by atoms with Crippen molar-refractivity contribution in [2.45, 2.75) is 13.8 Å². The van der Waals surface area contributed by atoms with Gasteiger partial charge in [0.2, 0.25) is 0 Å². The SMILES string of the molecule is COc1cccc(OCC(=O)Nc2sc(C)c(C)c2C(N)=O)c1. The molecule has 1 aromatic carbocycles. The highest BCUT2D eigenvalue weighted by Crippen LogP contribution is 2.32. The predicted octanol–water partition coefficient (Wildman–Crippen LogP) is 2.49. The van der Waals surface area contributed by atoms with Crippen LogP contribution in [0.3, 0.4) is 0 Å². The number of nitrogens with two attached hydrogens (primary N) is 1. The lowest BCUT2D eigenvalue weighted by atomic mass is 10.1. The van der Waals surface area contributed by atoms with Gasteiger partial charge in [-0.1, -0.05) is 6.07 Å². The highest BCUT2D eigenvalue weighted by Gasteiger charge is 2.19. The number of nitrogens with one attached hydrogen (secondary N) is 1. The summed E-state index contributed by atoms with van der Waals surface area (Å²) in [5.41, 5.74) is 6.51.